The van der Waals surface area contributed by atoms with Gasteiger partial charge < -0.3 is 10.5 Å². The van der Waals surface area contributed by atoms with Gasteiger partial charge in [0.2, 0.25) is 10.0 Å². The zero-order valence-corrected chi connectivity index (χ0v) is 11.5. The van der Waals surface area contributed by atoms with Crippen molar-refractivity contribution in [2.24, 2.45) is 11.7 Å². The highest BCUT2D eigenvalue weighted by Gasteiger charge is 2.34. The molecule has 0 radical (unpaired) electrons. The van der Waals surface area contributed by atoms with Gasteiger partial charge in [-0.25, -0.2) is 8.42 Å². The summed E-state index contributed by atoms with van der Waals surface area (Å²) < 4.78 is 55.1. The highest BCUT2D eigenvalue weighted by Crippen LogP contribution is 2.30. The van der Waals surface area contributed by atoms with Crippen LogP contribution in [0.2, 0.25) is 0 Å². The lowest BCUT2D eigenvalue weighted by Gasteiger charge is -2.18. The molecule has 0 spiro atoms. The number of benzene rings is 1. The summed E-state index contributed by atoms with van der Waals surface area (Å²) in [5.74, 6) is -0.230. The molecule has 1 aliphatic rings. The van der Waals surface area contributed by atoms with Crippen molar-refractivity contribution in [2.75, 3.05) is 19.6 Å². The molecule has 0 amide bonds. The van der Waals surface area contributed by atoms with Gasteiger partial charge in [-0.2, -0.15) is 13.1 Å². The number of hydrogen-bond donors (Lipinski definition) is 1. The first kappa shape index (κ1) is 15.1. The second-order valence-electron chi connectivity index (χ2n) is 4.58. The van der Waals surface area contributed by atoms with Gasteiger partial charge in [-0.15, -0.1) is 0 Å². The average Bonchev–Trinajstić information content (AvgIpc) is 2.88. The van der Waals surface area contributed by atoms with Crippen LogP contribution in [0.5, 0.6) is 5.75 Å². The van der Waals surface area contributed by atoms with E-state index in [2.05, 4.69) is 4.74 Å². The fraction of sp³-hybridized carbons (Fsp3) is 0.500. The molecular weight excluding hydrogens is 290 g/mol. The number of halogens is 2. The summed E-state index contributed by atoms with van der Waals surface area (Å²) in [5.41, 5.74) is 5.53. The number of para-hydroxylation sites is 1. The standard InChI is InChI=1S/C12H16F2N2O3S/c13-12(14)19-10-3-1-2-4-11(10)20(17,18)16-6-5-9(7-15)8-16/h1-4,9,12H,5-8,15H2. The Hall–Kier alpha value is -1.25. The Morgan fingerprint density at radius 1 is 1.40 bits per heavy atom. The maximum atomic E-state index is 12.5. The molecule has 20 heavy (non-hydrogen) atoms. The van der Waals surface area contributed by atoms with E-state index < -0.39 is 16.6 Å². The maximum absolute atomic E-state index is 12.5. The first-order chi connectivity index (χ1) is 9.45. The summed E-state index contributed by atoms with van der Waals surface area (Å²) in [4.78, 5) is -0.238. The van der Waals surface area contributed by atoms with Crippen molar-refractivity contribution in [1.29, 1.82) is 0 Å². The minimum atomic E-state index is -3.84. The van der Waals surface area contributed by atoms with Crippen LogP contribution < -0.4 is 10.5 Å². The number of sulfonamides is 1. The van der Waals surface area contributed by atoms with E-state index in [4.69, 9.17) is 5.73 Å². The van der Waals surface area contributed by atoms with Crippen LogP contribution in [0.15, 0.2) is 29.2 Å². The summed E-state index contributed by atoms with van der Waals surface area (Å²) >= 11 is 0. The topological polar surface area (TPSA) is 72.6 Å². The first-order valence-electron chi connectivity index (χ1n) is 6.19. The van der Waals surface area contributed by atoms with Crippen molar-refractivity contribution in [3.05, 3.63) is 24.3 Å². The minimum absolute atomic E-state index is 0.105. The summed E-state index contributed by atoms with van der Waals surface area (Å²) in [6.45, 7) is -2.02. The van der Waals surface area contributed by atoms with Crippen LogP contribution in [0.25, 0.3) is 0 Å². The van der Waals surface area contributed by atoms with Crippen LogP contribution in [-0.4, -0.2) is 39.0 Å². The van der Waals surface area contributed by atoms with Crippen molar-refractivity contribution in [3.63, 3.8) is 0 Å². The van der Waals surface area contributed by atoms with E-state index in [-0.39, 0.29) is 16.6 Å². The molecule has 5 nitrogen and oxygen atoms in total. The number of hydrogen-bond acceptors (Lipinski definition) is 4. The first-order valence-corrected chi connectivity index (χ1v) is 7.63. The molecule has 1 aromatic carbocycles. The van der Waals surface area contributed by atoms with E-state index in [1.54, 1.807) is 0 Å². The Morgan fingerprint density at radius 2 is 2.10 bits per heavy atom. The lowest BCUT2D eigenvalue weighted by molar-refractivity contribution is -0.0517. The average molecular weight is 306 g/mol. The van der Waals surface area contributed by atoms with E-state index >= 15 is 0 Å². The van der Waals surface area contributed by atoms with Crippen molar-refractivity contribution in [1.82, 2.24) is 4.31 Å². The van der Waals surface area contributed by atoms with Gasteiger partial charge in [0.15, 0.2) is 0 Å². The third-order valence-electron chi connectivity index (χ3n) is 3.26. The van der Waals surface area contributed by atoms with Gasteiger partial charge in [0.25, 0.3) is 0 Å². The molecule has 1 aromatic rings. The fourth-order valence-electron chi connectivity index (χ4n) is 2.20. The van der Waals surface area contributed by atoms with Crippen molar-refractivity contribution in [3.8, 4) is 5.75 Å². The Bertz CT molecular complexity index is 566. The summed E-state index contributed by atoms with van der Waals surface area (Å²) in [7, 11) is -3.84. The van der Waals surface area contributed by atoms with Crippen LogP contribution in [0.4, 0.5) is 8.78 Å². The van der Waals surface area contributed by atoms with E-state index in [1.807, 2.05) is 0 Å². The molecule has 1 unspecified atom stereocenters. The van der Waals surface area contributed by atoms with Gasteiger partial charge in [-0.3, -0.25) is 0 Å². The smallest absolute Gasteiger partial charge is 0.387 e. The molecule has 8 heteroatoms. The van der Waals surface area contributed by atoms with Crippen molar-refractivity contribution in [2.45, 2.75) is 17.9 Å². The van der Waals surface area contributed by atoms with Gasteiger partial charge in [0.05, 0.1) is 0 Å². The third-order valence-corrected chi connectivity index (χ3v) is 5.17. The Morgan fingerprint density at radius 3 is 2.70 bits per heavy atom. The molecule has 2 rings (SSSR count). The monoisotopic (exact) mass is 306 g/mol. The molecule has 0 saturated carbocycles. The van der Waals surface area contributed by atoms with Gasteiger partial charge in [-0.1, -0.05) is 12.1 Å². The Balaban J connectivity index is 2.30. The zero-order chi connectivity index (χ0) is 14.8. The second kappa shape index (κ2) is 6.02. The number of nitrogens with two attached hydrogens (primary N) is 1. The molecule has 0 aliphatic carbocycles. The van der Waals surface area contributed by atoms with E-state index in [0.717, 1.165) is 0 Å². The molecule has 1 aliphatic heterocycles. The fourth-order valence-corrected chi connectivity index (χ4v) is 3.86. The maximum Gasteiger partial charge on any atom is 0.387 e. The lowest BCUT2D eigenvalue weighted by atomic mass is 10.1. The van der Waals surface area contributed by atoms with Crippen LogP contribution in [0.1, 0.15) is 6.42 Å². The third kappa shape index (κ3) is 3.08. The van der Waals surface area contributed by atoms with Gasteiger partial charge in [0, 0.05) is 13.1 Å². The van der Waals surface area contributed by atoms with Crippen LogP contribution in [-0.2, 0) is 10.0 Å². The molecule has 0 aromatic heterocycles. The molecule has 0 bridgehead atoms. The minimum Gasteiger partial charge on any atom is -0.433 e. The number of nitrogens with zero attached hydrogens (tertiary/aromatic N) is 1. The van der Waals surface area contributed by atoms with Crippen molar-refractivity contribution >= 4 is 10.0 Å². The summed E-state index contributed by atoms with van der Waals surface area (Å²) in [5, 5.41) is 0. The van der Waals surface area contributed by atoms with E-state index in [9.17, 15) is 17.2 Å². The Kier molecular flexibility index (Phi) is 4.56. The molecule has 2 N–H and O–H groups in total. The Labute approximate surface area is 116 Å². The largest absolute Gasteiger partial charge is 0.433 e. The summed E-state index contributed by atoms with van der Waals surface area (Å²) in [6, 6.07) is 5.41. The van der Waals surface area contributed by atoms with Crippen LogP contribution in [0.3, 0.4) is 0 Å². The van der Waals surface area contributed by atoms with Gasteiger partial charge >= 0.3 is 6.61 Å². The molecular formula is C12H16F2N2O3S. The normalized spacial score (nSPS) is 20.5. The van der Waals surface area contributed by atoms with E-state index in [1.165, 1.54) is 28.6 Å². The predicted octanol–water partition coefficient (Wildman–Crippen LogP) is 1.26. The highest BCUT2D eigenvalue weighted by atomic mass is 32.2. The number of ether oxygens (including phenoxy) is 1. The summed E-state index contributed by atoms with van der Waals surface area (Å²) in [6.07, 6.45) is 0.674. The van der Waals surface area contributed by atoms with Gasteiger partial charge in [-0.05, 0) is 31.0 Å². The van der Waals surface area contributed by atoms with Crippen molar-refractivity contribution < 1.29 is 21.9 Å². The van der Waals surface area contributed by atoms with Gasteiger partial charge in [0.1, 0.15) is 10.6 Å². The quantitative estimate of drug-likeness (QED) is 0.889. The van der Waals surface area contributed by atoms with Crippen LogP contribution >= 0.6 is 0 Å². The molecule has 1 fully saturated rings. The molecule has 1 heterocycles. The molecule has 112 valence electrons. The lowest BCUT2D eigenvalue weighted by Crippen LogP contribution is -2.30. The molecule has 1 atom stereocenters. The number of rotatable bonds is 5. The molecule has 1 saturated heterocycles. The SMILES string of the molecule is NCC1CCN(S(=O)(=O)c2ccccc2OC(F)F)C1. The second-order valence-corrected chi connectivity index (χ2v) is 6.49. The predicted molar refractivity (Wildman–Crippen MR) is 69.0 cm³/mol. The highest BCUT2D eigenvalue weighted by molar-refractivity contribution is 7.89. The van der Waals surface area contributed by atoms with E-state index in [0.29, 0.717) is 26.1 Å². The number of alkyl halides is 2. The zero-order valence-electron chi connectivity index (χ0n) is 10.7. The van der Waals surface area contributed by atoms with Crippen LogP contribution in [0, 0.1) is 5.92 Å².